The van der Waals surface area contributed by atoms with E-state index in [2.05, 4.69) is 0 Å². The van der Waals surface area contributed by atoms with Crippen LogP contribution in [-0.2, 0) is 50.2 Å². The number of carbonyl (C=O) groups is 1. The summed E-state index contributed by atoms with van der Waals surface area (Å²) in [6.45, 7) is 1.17. The summed E-state index contributed by atoms with van der Waals surface area (Å²) >= 11 is 0. The highest BCUT2D eigenvalue weighted by molar-refractivity contribution is 5.96. The van der Waals surface area contributed by atoms with E-state index in [4.69, 9.17) is 20.3 Å². The van der Waals surface area contributed by atoms with Crippen molar-refractivity contribution in [3.8, 4) is 0 Å². The van der Waals surface area contributed by atoms with Crippen LogP contribution in [0.1, 0.15) is 23.6 Å². The summed E-state index contributed by atoms with van der Waals surface area (Å²) in [5.41, 5.74) is 4.33. The van der Waals surface area contributed by atoms with E-state index in [0.717, 1.165) is 22.3 Å². The average Bonchev–Trinajstić information content (AvgIpc) is 3.03. The summed E-state index contributed by atoms with van der Waals surface area (Å²) < 4.78 is 34.0. The number of hydrogen-bond acceptors (Lipinski definition) is 5. The summed E-state index contributed by atoms with van der Waals surface area (Å²) in [6, 6.07) is 38.9. The van der Waals surface area contributed by atoms with Crippen molar-refractivity contribution in [2.75, 3.05) is 6.61 Å². The molecule has 4 aromatic carbocycles. The number of rotatable bonds is 13. The molecule has 0 fully saturated rings. The minimum atomic E-state index is -1.01. The van der Waals surface area contributed by atoms with Gasteiger partial charge in [-0.15, -0.1) is 0 Å². The first-order valence-electron chi connectivity index (χ1n) is 14.0. The lowest BCUT2D eigenvalue weighted by atomic mass is 9.90. The van der Waals surface area contributed by atoms with Gasteiger partial charge in [0, 0.05) is 0 Å². The molecule has 0 spiro atoms. The summed E-state index contributed by atoms with van der Waals surface area (Å²) in [5.74, 6) is -0.433. The minimum Gasteiger partial charge on any atom is -0.372 e. The molecular weight excluding hydrogens is 500 g/mol. The van der Waals surface area contributed by atoms with Crippen molar-refractivity contribution in [2.45, 2.75) is 44.7 Å². The van der Waals surface area contributed by atoms with Gasteiger partial charge in [-0.25, -0.2) is 0 Å². The zero-order valence-electron chi connectivity index (χ0n) is 23.4. The van der Waals surface area contributed by atoms with Crippen LogP contribution >= 0.6 is 0 Å². The number of ether oxygens (including phenoxy) is 4. The number of benzene rings is 4. The fourth-order valence-electron chi connectivity index (χ4n) is 4.61. The Bertz CT molecular complexity index is 1390. The third-order valence-corrected chi connectivity index (χ3v) is 6.68. The van der Waals surface area contributed by atoms with Crippen LogP contribution in [0.5, 0.6) is 0 Å². The van der Waals surface area contributed by atoms with Crippen LogP contribution in [-0.4, -0.2) is 30.7 Å². The molecule has 5 rings (SSSR count). The highest BCUT2D eigenvalue weighted by atomic mass is 16.6. The van der Waals surface area contributed by atoms with Gasteiger partial charge >= 0.3 is 0 Å². The van der Waals surface area contributed by atoms with Crippen molar-refractivity contribution in [1.82, 2.24) is 0 Å². The van der Waals surface area contributed by atoms with Crippen LogP contribution in [0.4, 0.5) is 0 Å². The molecule has 1 aliphatic carbocycles. The summed E-state index contributed by atoms with van der Waals surface area (Å²) in [4.78, 5) is 13.7. The Morgan fingerprint density at radius 1 is 0.500 bits per heavy atom. The van der Waals surface area contributed by atoms with E-state index < -0.39 is 24.1 Å². The maximum atomic E-state index is 13.7. The second-order valence-corrected chi connectivity index (χ2v) is 9.69. The zero-order valence-corrected chi connectivity index (χ0v) is 22.4. The molecule has 0 aromatic heterocycles. The maximum absolute atomic E-state index is 13.7. The van der Waals surface area contributed by atoms with Crippen LogP contribution < -0.4 is 0 Å². The first-order valence-corrected chi connectivity index (χ1v) is 13.5. The number of hydrogen-bond donors (Lipinski definition) is 0. The van der Waals surface area contributed by atoms with Gasteiger partial charge in [0.2, 0.25) is 0 Å². The molecule has 3 atom stereocenters. The Labute approximate surface area is 237 Å². The molecule has 0 radical (unpaired) electrons. The summed E-state index contributed by atoms with van der Waals surface area (Å²) in [6.07, 6.45) is -2.51. The van der Waals surface area contributed by atoms with Crippen molar-refractivity contribution in [3.05, 3.63) is 155 Å². The van der Waals surface area contributed by atoms with E-state index in [9.17, 15) is 4.79 Å². The summed E-state index contributed by atoms with van der Waals surface area (Å²) in [7, 11) is 0. The van der Waals surface area contributed by atoms with Gasteiger partial charge in [-0.2, -0.15) is 0 Å². The lowest BCUT2D eigenvalue weighted by molar-refractivity contribution is -0.163. The zero-order chi connectivity index (χ0) is 28.3. The Hall–Kier alpha value is -3.87. The monoisotopic (exact) mass is 535 g/mol. The molecular formula is C35H34O5. The molecule has 0 N–H and O–H groups in total. The molecule has 0 aliphatic heterocycles. The quantitative estimate of drug-likeness (QED) is 0.196. The van der Waals surface area contributed by atoms with Crippen molar-refractivity contribution in [1.29, 1.82) is 0 Å². The van der Waals surface area contributed by atoms with Crippen LogP contribution in [0.25, 0.3) is 0 Å². The van der Waals surface area contributed by atoms with Crippen LogP contribution in [0, 0.1) is 0 Å². The lowest BCUT2D eigenvalue weighted by Gasteiger charge is -2.37. The molecule has 40 heavy (non-hydrogen) atoms. The van der Waals surface area contributed by atoms with Gasteiger partial charge in [-0.3, -0.25) is 4.79 Å². The van der Waals surface area contributed by atoms with E-state index in [1.807, 2.05) is 121 Å². The highest BCUT2D eigenvalue weighted by Gasteiger charge is 2.42. The Kier molecular flexibility index (Phi) is 9.55. The second kappa shape index (κ2) is 14.5. The predicted molar refractivity (Wildman–Crippen MR) is 154 cm³/mol. The van der Waals surface area contributed by atoms with Gasteiger partial charge < -0.3 is 18.9 Å². The average molecular weight is 536 g/mol. The van der Waals surface area contributed by atoms with Crippen molar-refractivity contribution < 1.29 is 25.1 Å². The second-order valence-electron chi connectivity index (χ2n) is 9.69. The maximum Gasteiger partial charge on any atom is 0.187 e. The minimum absolute atomic E-state index is 0.0650. The normalized spacial score (nSPS) is 19.4. The van der Waals surface area contributed by atoms with E-state index in [0.29, 0.717) is 12.2 Å². The van der Waals surface area contributed by atoms with E-state index in [1.165, 1.54) is 0 Å². The third-order valence-electron chi connectivity index (χ3n) is 6.68. The number of carbonyl (C=O) groups excluding carboxylic acids is 1. The fourth-order valence-corrected chi connectivity index (χ4v) is 4.61. The first-order chi connectivity index (χ1) is 20.2. The fraction of sp³-hybridized carbons (Fsp3) is 0.229. The molecule has 5 heteroatoms. The van der Waals surface area contributed by atoms with E-state index in [-0.39, 0.29) is 32.5 Å². The molecule has 0 heterocycles. The van der Waals surface area contributed by atoms with Gasteiger partial charge in [0.05, 0.1) is 34.4 Å². The van der Waals surface area contributed by atoms with Gasteiger partial charge in [-0.1, -0.05) is 121 Å². The molecule has 1 aliphatic rings. The molecule has 204 valence electrons. The SMILES string of the molecule is [2H]C1=C(COCc2ccccc2)[C@@H](OCc2ccccc2)[C@H](OCc2ccccc2)[C@H](OCc2ccccc2)C1=O. The molecule has 5 nitrogen and oxygen atoms in total. The smallest absolute Gasteiger partial charge is 0.187 e. The Morgan fingerprint density at radius 2 is 0.900 bits per heavy atom. The topological polar surface area (TPSA) is 54.0 Å². The van der Waals surface area contributed by atoms with E-state index in [1.54, 1.807) is 0 Å². The Balaban J connectivity index is 1.43. The molecule has 0 saturated carbocycles. The molecule has 0 saturated heterocycles. The van der Waals surface area contributed by atoms with Crippen molar-refractivity contribution in [3.63, 3.8) is 0 Å². The van der Waals surface area contributed by atoms with Crippen LogP contribution in [0.2, 0.25) is 0 Å². The van der Waals surface area contributed by atoms with Gasteiger partial charge in [0.25, 0.3) is 0 Å². The lowest BCUT2D eigenvalue weighted by Crippen LogP contribution is -2.51. The van der Waals surface area contributed by atoms with Crippen molar-refractivity contribution in [2.24, 2.45) is 0 Å². The molecule has 0 unspecified atom stereocenters. The van der Waals surface area contributed by atoms with Gasteiger partial charge in [0.15, 0.2) is 5.78 Å². The van der Waals surface area contributed by atoms with Gasteiger partial charge in [-0.05, 0) is 33.9 Å². The van der Waals surface area contributed by atoms with E-state index >= 15 is 0 Å². The first kappa shape index (κ1) is 26.4. The van der Waals surface area contributed by atoms with Crippen LogP contribution in [0.3, 0.4) is 0 Å². The predicted octanol–water partition coefficient (Wildman–Crippen LogP) is 6.47. The number of ketones is 1. The third kappa shape index (κ3) is 7.84. The molecule has 0 bridgehead atoms. The molecule has 4 aromatic rings. The van der Waals surface area contributed by atoms with Crippen molar-refractivity contribution >= 4 is 5.78 Å². The highest BCUT2D eigenvalue weighted by Crippen LogP contribution is 2.28. The largest absolute Gasteiger partial charge is 0.372 e. The standard InChI is InChI=1S/C35H34O5/c36-32-21-31(26-37-22-27-13-5-1-6-14-27)33(38-23-28-15-7-2-8-16-28)35(40-25-30-19-11-4-12-20-30)34(32)39-24-29-17-9-3-10-18-29/h1-21,33-35H,22-26H2/t33-,34-,35+/m1/s1/i21D. The van der Waals surface area contributed by atoms with Gasteiger partial charge in [0.1, 0.15) is 18.3 Å². The Morgan fingerprint density at radius 3 is 1.38 bits per heavy atom. The van der Waals surface area contributed by atoms with Crippen LogP contribution in [0.15, 0.2) is 133 Å². The summed E-state index contributed by atoms with van der Waals surface area (Å²) in [5, 5.41) is 0. The molecule has 0 amide bonds.